The number of hydrogen-bond donors (Lipinski definition) is 0. The first kappa shape index (κ1) is 16.8. The maximum absolute atomic E-state index is 11.2. The minimum atomic E-state index is -0.906. The summed E-state index contributed by atoms with van der Waals surface area (Å²) < 4.78 is 31.0. The molecule has 0 aromatic carbocycles. The molecule has 4 atom stereocenters. The maximum atomic E-state index is 11.2. The van der Waals surface area contributed by atoms with Crippen molar-refractivity contribution in [2.45, 2.75) is 38.4 Å². The molecular weight excluding hydrogens is 272 g/mol. The van der Waals surface area contributed by atoms with Crippen LogP contribution in [0.2, 0.25) is 0 Å². The van der Waals surface area contributed by atoms with E-state index >= 15 is 0 Å². The number of ether oxygens (including phenoxy) is 6. The normalized spacial score (nSPS) is 29.8. The Bertz CT molecular complexity index is 331. The third-order valence-electron chi connectivity index (χ3n) is 2.62. The number of hydrogen-bond acceptors (Lipinski definition) is 8. The van der Waals surface area contributed by atoms with Crippen LogP contribution in [-0.2, 0) is 38.0 Å². The van der Waals surface area contributed by atoms with Gasteiger partial charge in [0.1, 0.15) is 12.9 Å². The third kappa shape index (κ3) is 4.71. The van der Waals surface area contributed by atoms with Gasteiger partial charge < -0.3 is 28.4 Å². The summed E-state index contributed by atoms with van der Waals surface area (Å²) in [7, 11) is 2.87. The molecule has 0 N–H and O–H groups in total. The number of methoxy groups -OCH3 is 2. The lowest BCUT2D eigenvalue weighted by atomic mass is 10.0. The minimum Gasteiger partial charge on any atom is -0.455 e. The van der Waals surface area contributed by atoms with Crippen LogP contribution in [0.15, 0.2) is 0 Å². The predicted molar refractivity (Wildman–Crippen MR) is 64.6 cm³/mol. The topological polar surface area (TPSA) is 89.5 Å². The zero-order valence-corrected chi connectivity index (χ0v) is 12.0. The Balaban J connectivity index is 2.87. The fourth-order valence-electron chi connectivity index (χ4n) is 1.90. The van der Waals surface area contributed by atoms with Crippen LogP contribution in [0.3, 0.4) is 0 Å². The second-order valence-electron chi connectivity index (χ2n) is 4.20. The number of carbonyl (C=O) groups excluding carboxylic acids is 2. The Kier molecular flexibility index (Phi) is 6.86. The van der Waals surface area contributed by atoms with Crippen molar-refractivity contribution in [1.82, 2.24) is 0 Å². The molecule has 0 aromatic rings. The molecule has 1 heterocycles. The molecule has 1 aliphatic heterocycles. The van der Waals surface area contributed by atoms with E-state index in [1.54, 1.807) is 0 Å². The van der Waals surface area contributed by atoms with Gasteiger partial charge in [-0.15, -0.1) is 0 Å². The van der Waals surface area contributed by atoms with Crippen molar-refractivity contribution < 1.29 is 38.0 Å². The van der Waals surface area contributed by atoms with Crippen LogP contribution in [0.4, 0.5) is 0 Å². The fraction of sp³-hybridized carbons (Fsp3) is 0.833. The summed E-state index contributed by atoms with van der Waals surface area (Å²) >= 11 is 0. The molecule has 0 aromatic heterocycles. The van der Waals surface area contributed by atoms with Gasteiger partial charge in [-0.2, -0.15) is 0 Å². The van der Waals surface area contributed by atoms with Gasteiger partial charge in [0.25, 0.3) is 0 Å². The molecule has 8 heteroatoms. The molecule has 0 unspecified atom stereocenters. The van der Waals surface area contributed by atoms with Crippen molar-refractivity contribution in [2.24, 2.45) is 0 Å². The number of carbonyl (C=O) groups is 2. The second-order valence-corrected chi connectivity index (χ2v) is 4.20. The lowest BCUT2D eigenvalue weighted by Gasteiger charge is -2.39. The van der Waals surface area contributed by atoms with Crippen LogP contribution in [0.5, 0.6) is 0 Å². The van der Waals surface area contributed by atoms with Crippen molar-refractivity contribution in [2.75, 3.05) is 27.6 Å². The van der Waals surface area contributed by atoms with Gasteiger partial charge in [0.15, 0.2) is 18.5 Å². The average Bonchev–Trinajstić information content (AvgIpc) is 2.38. The highest BCUT2D eigenvalue weighted by molar-refractivity contribution is 5.67. The number of esters is 2. The molecule has 1 rings (SSSR count). The first-order chi connectivity index (χ1) is 9.49. The first-order valence-corrected chi connectivity index (χ1v) is 6.09. The second kappa shape index (κ2) is 8.15. The van der Waals surface area contributed by atoms with E-state index in [1.165, 1.54) is 28.1 Å². The Morgan fingerprint density at radius 2 is 1.70 bits per heavy atom. The molecule has 116 valence electrons. The van der Waals surface area contributed by atoms with Crippen LogP contribution in [0, 0.1) is 0 Å². The summed E-state index contributed by atoms with van der Waals surface area (Å²) in [5.41, 5.74) is 0. The highest BCUT2D eigenvalue weighted by Gasteiger charge is 2.46. The van der Waals surface area contributed by atoms with E-state index in [4.69, 9.17) is 28.4 Å². The Morgan fingerprint density at radius 1 is 1.10 bits per heavy atom. The minimum absolute atomic E-state index is 0.00374. The van der Waals surface area contributed by atoms with Crippen LogP contribution in [0.25, 0.3) is 0 Å². The Hall–Kier alpha value is -1.22. The molecule has 8 nitrogen and oxygen atoms in total. The third-order valence-corrected chi connectivity index (χ3v) is 2.62. The van der Waals surface area contributed by atoms with Gasteiger partial charge in [0.2, 0.25) is 0 Å². The monoisotopic (exact) mass is 292 g/mol. The van der Waals surface area contributed by atoms with Crippen molar-refractivity contribution in [3.63, 3.8) is 0 Å². The van der Waals surface area contributed by atoms with E-state index in [9.17, 15) is 9.59 Å². The molecule has 0 saturated carbocycles. The molecule has 0 radical (unpaired) electrons. The lowest BCUT2D eigenvalue weighted by Crippen LogP contribution is -2.57. The molecule has 1 aliphatic rings. The van der Waals surface area contributed by atoms with Crippen LogP contribution in [-0.4, -0.2) is 64.2 Å². The van der Waals surface area contributed by atoms with Crippen molar-refractivity contribution in [1.29, 1.82) is 0 Å². The van der Waals surface area contributed by atoms with Gasteiger partial charge in [0.05, 0.1) is 6.61 Å². The van der Waals surface area contributed by atoms with Crippen LogP contribution < -0.4 is 0 Å². The molecule has 20 heavy (non-hydrogen) atoms. The van der Waals surface area contributed by atoms with Gasteiger partial charge in [-0.1, -0.05) is 0 Å². The average molecular weight is 292 g/mol. The lowest BCUT2D eigenvalue weighted by molar-refractivity contribution is -0.284. The zero-order valence-electron chi connectivity index (χ0n) is 12.0. The van der Waals surface area contributed by atoms with Crippen LogP contribution >= 0.6 is 0 Å². The smallest absolute Gasteiger partial charge is 0.303 e. The standard InChI is InChI=1S/C12H20O8/c1-7(13)19-10-9(18-6-15-3)5-17-12(16-4)11(10)20-8(2)14/h9-12H,5-6H2,1-4H3/t9-,10+,11-,12-/m1/s1. The molecular formula is C12H20O8. The summed E-state index contributed by atoms with van der Waals surface area (Å²) in [5.74, 6) is -1.06. The van der Waals surface area contributed by atoms with Gasteiger partial charge in [-0.25, -0.2) is 0 Å². The van der Waals surface area contributed by atoms with E-state index in [-0.39, 0.29) is 13.4 Å². The summed E-state index contributed by atoms with van der Waals surface area (Å²) in [6.45, 7) is 2.63. The quantitative estimate of drug-likeness (QED) is 0.493. The highest BCUT2D eigenvalue weighted by atomic mass is 16.7. The molecule has 1 fully saturated rings. The van der Waals surface area contributed by atoms with Crippen molar-refractivity contribution >= 4 is 11.9 Å². The maximum Gasteiger partial charge on any atom is 0.303 e. The highest BCUT2D eigenvalue weighted by Crippen LogP contribution is 2.24. The summed E-state index contributed by atoms with van der Waals surface area (Å²) in [6, 6.07) is 0. The molecule has 0 amide bonds. The van der Waals surface area contributed by atoms with E-state index in [2.05, 4.69) is 0 Å². The fourth-order valence-corrected chi connectivity index (χ4v) is 1.90. The molecule has 0 aliphatic carbocycles. The van der Waals surface area contributed by atoms with E-state index in [0.717, 1.165) is 0 Å². The Morgan fingerprint density at radius 3 is 2.20 bits per heavy atom. The Labute approximate surface area is 117 Å². The van der Waals surface area contributed by atoms with Gasteiger partial charge in [-0.05, 0) is 0 Å². The van der Waals surface area contributed by atoms with Gasteiger partial charge in [-0.3, -0.25) is 9.59 Å². The summed E-state index contributed by atoms with van der Waals surface area (Å²) in [4.78, 5) is 22.4. The van der Waals surface area contributed by atoms with E-state index in [1.807, 2.05) is 0 Å². The van der Waals surface area contributed by atoms with E-state index in [0.29, 0.717) is 0 Å². The van der Waals surface area contributed by atoms with Crippen LogP contribution in [0.1, 0.15) is 13.8 Å². The van der Waals surface area contributed by atoms with Gasteiger partial charge in [0, 0.05) is 28.1 Å². The SMILES string of the molecule is COCO[C@@H]1CO[C@@H](OC)[C@H](OC(C)=O)[C@H]1OC(C)=O. The molecule has 0 spiro atoms. The van der Waals surface area contributed by atoms with Crippen molar-refractivity contribution in [3.8, 4) is 0 Å². The molecule has 1 saturated heterocycles. The zero-order chi connectivity index (χ0) is 15.1. The van der Waals surface area contributed by atoms with E-state index < -0.39 is 36.5 Å². The first-order valence-electron chi connectivity index (χ1n) is 6.09. The largest absolute Gasteiger partial charge is 0.455 e. The summed E-state index contributed by atoms with van der Waals surface area (Å²) in [6.07, 6.45) is -3.18. The predicted octanol–water partition coefficient (Wildman–Crippen LogP) is -0.158. The number of rotatable bonds is 6. The van der Waals surface area contributed by atoms with Gasteiger partial charge >= 0.3 is 11.9 Å². The molecule has 0 bridgehead atoms. The van der Waals surface area contributed by atoms with Crippen molar-refractivity contribution in [3.05, 3.63) is 0 Å². The summed E-state index contributed by atoms with van der Waals surface area (Å²) in [5, 5.41) is 0.